The molecule has 2 aromatic rings. The average molecular weight is 242 g/mol. The van der Waals surface area contributed by atoms with E-state index in [1.807, 2.05) is 0 Å². The highest BCUT2D eigenvalue weighted by Gasteiger charge is 2.28. The molecule has 0 N–H and O–H groups in total. The summed E-state index contributed by atoms with van der Waals surface area (Å²) in [7, 11) is 0. The summed E-state index contributed by atoms with van der Waals surface area (Å²) in [6, 6.07) is 10.0. The van der Waals surface area contributed by atoms with Crippen LogP contribution in [0.25, 0.3) is 0 Å². The number of amides is 1. The molecule has 18 heavy (non-hydrogen) atoms. The van der Waals surface area contributed by atoms with Crippen LogP contribution in [0.1, 0.15) is 21.6 Å². The molecule has 0 unspecified atom stereocenters. The Morgan fingerprint density at radius 1 is 1.22 bits per heavy atom. The zero-order valence-corrected chi connectivity index (χ0v) is 9.64. The number of fused-ring (bicyclic) bond motifs is 1. The molecule has 0 aliphatic carbocycles. The molecule has 1 aliphatic rings. The number of nitrogens with zero attached hydrogens (tertiary/aromatic N) is 2. The maximum Gasteiger partial charge on any atom is 0.256 e. The summed E-state index contributed by atoms with van der Waals surface area (Å²) in [5, 5.41) is 0. The van der Waals surface area contributed by atoms with Gasteiger partial charge in [0.15, 0.2) is 0 Å². The van der Waals surface area contributed by atoms with Crippen molar-refractivity contribution in [3.8, 4) is 0 Å². The first-order valence-corrected chi connectivity index (χ1v) is 5.72. The van der Waals surface area contributed by atoms with E-state index in [1.165, 1.54) is 6.07 Å². The smallest absolute Gasteiger partial charge is 0.256 e. The molecule has 0 radical (unpaired) electrons. The van der Waals surface area contributed by atoms with Crippen LogP contribution in [0.3, 0.4) is 0 Å². The zero-order valence-electron chi connectivity index (χ0n) is 9.64. The van der Waals surface area contributed by atoms with E-state index in [2.05, 4.69) is 4.98 Å². The van der Waals surface area contributed by atoms with E-state index in [-0.39, 0.29) is 18.3 Å². The van der Waals surface area contributed by atoms with Gasteiger partial charge in [-0.1, -0.05) is 18.2 Å². The first-order valence-electron chi connectivity index (χ1n) is 5.72. The number of rotatable bonds is 2. The van der Waals surface area contributed by atoms with E-state index in [0.717, 1.165) is 5.69 Å². The van der Waals surface area contributed by atoms with Crippen LogP contribution in [0, 0.1) is 5.82 Å². The van der Waals surface area contributed by atoms with Crippen molar-refractivity contribution < 1.29 is 9.18 Å². The molecule has 0 atom stereocenters. The minimum absolute atomic E-state index is 0.0821. The highest BCUT2D eigenvalue weighted by molar-refractivity contribution is 5.97. The third-order valence-corrected chi connectivity index (χ3v) is 3.07. The Kier molecular flexibility index (Phi) is 2.55. The monoisotopic (exact) mass is 242 g/mol. The van der Waals surface area contributed by atoms with Gasteiger partial charge < -0.3 is 4.90 Å². The molecule has 1 aromatic carbocycles. The molecule has 1 amide bonds. The first-order chi connectivity index (χ1) is 8.75. The maximum atomic E-state index is 13.5. The van der Waals surface area contributed by atoms with Crippen LogP contribution in [0.5, 0.6) is 0 Å². The van der Waals surface area contributed by atoms with Crippen molar-refractivity contribution in [2.75, 3.05) is 0 Å². The van der Waals surface area contributed by atoms with Gasteiger partial charge in [-0.3, -0.25) is 9.78 Å². The van der Waals surface area contributed by atoms with Crippen LogP contribution in [0.2, 0.25) is 0 Å². The Morgan fingerprint density at radius 2 is 2.06 bits per heavy atom. The molecule has 1 aromatic heterocycles. The number of hydrogen-bond donors (Lipinski definition) is 0. The molecule has 0 fully saturated rings. The second-order valence-electron chi connectivity index (χ2n) is 4.25. The van der Waals surface area contributed by atoms with Crippen molar-refractivity contribution in [2.24, 2.45) is 0 Å². The van der Waals surface area contributed by atoms with Crippen molar-refractivity contribution in [3.63, 3.8) is 0 Å². The second-order valence-corrected chi connectivity index (χ2v) is 4.25. The molecule has 3 nitrogen and oxygen atoms in total. The Balaban J connectivity index is 1.86. The lowest BCUT2D eigenvalue weighted by molar-refractivity contribution is 0.0765. The summed E-state index contributed by atoms with van der Waals surface area (Å²) >= 11 is 0. The van der Waals surface area contributed by atoms with Gasteiger partial charge in [-0.25, -0.2) is 4.39 Å². The molecule has 0 saturated carbocycles. The number of carbonyl (C=O) groups excluding carboxylic acids is 1. The van der Waals surface area contributed by atoms with Crippen molar-refractivity contribution in [3.05, 3.63) is 65.2 Å². The van der Waals surface area contributed by atoms with Gasteiger partial charge in [-0.15, -0.1) is 0 Å². The van der Waals surface area contributed by atoms with Crippen LogP contribution in [-0.4, -0.2) is 15.8 Å². The predicted molar refractivity (Wildman–Crippen MR) is 64.2 cm³/mol. The summed E-state index contributed by atoms with van der Waals surface area (Å²) in [5.41, 5.74) is 1.91. The summed E-state index contributed by atoms with van der Waals surface area (Å²) in [4.78, 5) is 17.9. The number of benzene rings is 1. The molecular weight excluding hydrogens is 231 g/mol. The van der Waals surface area contributed by atoms with E-state index < -0.39 is 0 Å². The third kappa shape index (κ3) is 1.76. The Labute approximate surface area is 104 Å². The van der Waals surface area contributed by atoms with Crippen molar-refractivity contribution in [2.45, 2.75) is 13.1 Å². The third-order valence-electron chi connectivity index (χ3n) is 3.07. The Bertz CT molecular complexity index is 612. The van der Waals surface area contributed by atoms with Gasteiger partial charge in [0.2, 0.25) is 0 Å². The van der Waals surface area contributed by atoms with Gasteiger partial charge >= 0.3 is 0 Å². The second kappa shape index (κ2) is 4.22. The van der Waals surface area contributed by atoms with Crippen LogP contribution >= 0.6 is 0 Å². The molecule has 1 aliphatic heterocycles. The standard InChI is InChI=1S/C14H11FN2O/c15-12-6-2-1-4-10(12)8-17-9-13-11(14(17)18)5-3-7-16-13/h1-7H,8-9H2. The molecular formula is C14H11FN2O. The average Bonchev–Trinajstić information content (AvgIpc) is 2.70. The van der Waals surface area contributed by atoms with E-state index in [9.17, 15) is 9.18 Å². The summed E-state index contributed by atoms with van der Waals surface area (Å²) in [5.74, 6) is -0.365. The SMILES string of the molecule is O=C1c2cccnc2CN1Cc1ccccc1F. The zero-order chi connectivity index (χ0) is 12.5. The van der Waals surface area contributed by atoms with Crippen LogP contribution in [0.15, 0.2) is 42.6 Å². The lowest BCUT2D eigenvalue weighted by Crippen LogP contribution is -2.23. The molecule has 0 saturated heterocycles. The quantitative estimate of drug-likeness (QED) is 0.810. The number of hydrogen-bond acceptors (Lipinski definition) is 2. The van der Waals surface area contributed by atoms with E-state index in [1.54, 1.807) is 41.4 Å². The van der Waals surface area contributed by atoms with Crippen molar-refractivity contribution in [1.29, 1.82) is 0 Å². The van der Waals surface area contributed by atoms with Gasteiger partial charge in [0, 0.05) is 18.3 Å². The van der Waals surface area contributed by atoms with Gasteiger partial charge in [-0.05, 0) is 18.2 Å². The fraction of sp³-hybridized carbons (Fsp3) is 0.143. The number of pyridine rings is 1. The lowest BCUT2D eigenvalue weighted by Gasteiger charge is -2.15. The topological polar surface area (TPSA) is 33.2 Å². The molecule has 2 heterocycles. The molecule has 90 valence electrons. The van der Waals surface area contributed by atoms with Gasteiger partial charge in [0.05, 0.1) is 17.8 Å². The van der Waals surface area contributed by atoms with E-state index in [4.69, 9.17) is 0 Å². The van der Waals surface area contributed by atoms with Crippen LogP contribution in [0.4, 0.5) is 4.39 Å². The summed E-state index contributed by atoms with van der Waals surface area (Å²) in [6.07, 6.45) is 1.67. The normalized spacial score (nSPS) is 13.8. The highest BCUT2D eigenvalue weighted by Crippen LogP contribution is 2.22. The summed E-state index contributed by atoms with van der Waals surface area (Å²) < 4.78 is 13.5. The van der Waals surface area contributed by atoms with Gasteiger partial charge in [0.1, 0.15) is 5.82 Å². The molecule has 0 spiro atoms. The lowest BCUT2D eigenvalue weighted by atomic mass is 10.2. The van der Waals surface area contributed by atoms with Gasteiger partial charge in [-0.2, -0.15) is 0 Å². The minimum atomic E-state index is -0.283. The first kappa shape index (κ1) is 10.9. The maximum absolute atomic E-state index is 13.5. The number of aromatic nitrogens is 1. The number of carbonyl (C=O) groups is 1. The van der Waals surface area contributed by atoms with E-state index >= 15 is 0 Å². The minimum Gasteiger partial charge on any atom is -0.328 e. The van der Waals surface area contributed by atoms with Gasteiger partial charge in [0.25, 0.3) is 5.91 Å². The highest BCUT2D eigenvalue weighted by atomic mass is 19.1. The fourth-order valence-electron chi connectivity index (χ4n) is 2.14. The molecule has 3 rings (SSSR count). The number of halogens is 1. The summed E-state index contributed by atoms with van der Waals surface area (Å²) in [6.45, 7) is 0.727. The predicted octanol–water partition coefficient (Wildman–Crippen LogP) is 2.38. The Morgan fingerprint density at radius 3 is 2.83 bits per heavy atom. The van der Waals surface area contributed by atoms with Crippen molar-refractivity contribution in [1.82, 2.24) is 9.88 Å². The Hall–Kier alpha value is -2.23. The largest absolute Gasteiger partial charge is 0.328 e. The fourth-order valence-corrected chi connectivity index (χ4v) is 2.14. The van der Waals surface area contributed by atoms with Crippen molar-refractivity contribution >= 4 is 5.91 Å². The van der Waals surface area contributed by atoms with Crippen LogP contribution in [-0.2, 0) is 13.1 Å². The molecule has 0 bridgehead atoms. The molecule has 4 heteroatoms. The van der Waals surface area contributed by atoms with Crippen LogP contribution < -0.4 is 0 Å². The van der Waals surface area contributed by atoms with E-state index in [0.29, 0.717) is 17.7 Å².